The van der Waals surface area contributed by atoms with E-state index in [4.69, 9.17) is 4.74 Å². The highest BCUT2D eigenvalue weighted by Crippen LogP contribution is 2.34. The minimum atomic E-state index is -2.79. The molecule has 4 heterocycles. The fourth-order valence-corrected chi connectivity index (χ4v) is 4.53. The molecule has 1 saturated heterocycles. The summed E-state index contributed by atoms with van der Waals surface area (Å²) in [6.45, 7) is 4.83. The molecule has 0 bridgehead atoms. The molecule has 0 atom stereocenters. The van der Waals surface area contributed by atoms with Crippen LogP contribution in [0.15, 0.2) is 24.7 Å². The Morgan fingerprint density at radius 1 is 1.21 bits per heavy atom. The van der Waals surface area contributed by atoms with Crippen LogP contribution in [0.3, 0.4) is 0 Å². The van der Waals surface area contributed by atoms with E-state index in [0.717, 1.165) is 25.7 Å². The monoisotopic (exact) mass is 459 g/mol. The average Bonchev–Trinajstić information content (AvgIpc) is 3.44. The zero-order valence-electron chi connectivity index (χ0n) is 18.5. The van der Waals surface area contributed by atoms with E-state index >= 15 is 0 Å². The fourth-order valence-electron chi connectivity index (χ4n) is 4.53. The van der Waals surface area contributed by atoms with Gasteiger partial charge in [0, 0.05) is 25.5 Å². The van der Waals surface area contributed by atoms with Gasteiger partial charge < -0.3 is 15.0 Å². The van der Waals surface area contributed by atoms with E-state index in [0.29, 0.717) is 43.7 Å². The first kappa shape index (κ1) is 21.7. The number of nitrogens with one attached hydrogen (secondary N) is 1. The highest BCUT2D eigenvalue weighted by Gasteiger charge is 2.26. The second-order valence-corrected chi connectivity index (χ2v) is 8.79. The van der Waals surface area contributed by atoms with Gasteiger partial charge in [-0.25, -0.2) is 18.3 Å². The average molecular weight is 460 g/mol. The highest BCUT2D eigenvalue weighted by atomic mass is 19.3. The summed E-state index contributed by atoms with van der Waals surface area (Å²) in [5.74, 6) is 0.805. The number of rotatable bonds is 5. The number of amides is 1. The summed E-state index contributed by atoms with van der Waals surface area (Å²) >= 11 is 0. The van der Waals surface area contributed by atoms with Gasteiger partial charge in [0.25, 0.3) is 12.3 Å². The van der Waals surface area contributed by atoms with Crippen molar-refractivity contribution in [2.45, 2.75) is 45.1 Å². The lowest BCUT2D eigenvalue weighted by molar-refractivity contribution is 0.102. The number of fused-ring (bicyclic) bond motifs is 1. The van der Waals surface area contributed by atoms with E-state index in [9.17, 15) is 13.6 Å². The number of hydrogen-bond donors (Lipinski definition) is 1. The molecule has 33 heavy (non-hydrogen) atoms. The first-order valence-electron chi connectivity index (χ1n) is 11.3. The molecule has 1 saturated carbocycles. The molecule has 0 aromatic carbocycles. The number of hydrogen-bond acceptors (Lipinski definition) is 6. The van der Waals surface area contributed by atoms with Crippen LogP contribution in [0.4, 0.5) is 20.3 Å². The molecule has 5 rings (SSSR count). The van der Waals surface area contributed by atoms with Gasteiger partial charge in [0.1, 0.15) is 11.4 Å². The molecule has 1 amide bonds. The molecule has 0 spiro atoms. The first-order valence-corrected chi connectivity index (χ1v) is 11.3. The van der Waals surface area contributed by atoms with Gasteiger partial charge >= 0.3 is 0 Å². The van der Waals surface area contributed by atoms with Gasteiger partial charge in [-0.05, 0) is 37.7 Å². The lowest BCUT2D eigenvalue weighted by Gasteiger charge is -2.27. The van der Waals surface area contributed by atoms with Gasteiger partial charge in [-0.1, -0.05) is 6.92 Å². The Bertz CT molecular complexity index is 1130. The van der Waals surface area contributed by atoms with Crippen LogP contribution in [-0.2, 0) is 4.74 Å². The maximum Gasteiger partial charge on any atom is 0.284 e. The lowest BCUT2D eigenvalue weighted by atomic mass is 9.87. The van der Waals surface area contributed by atoms with Crippen LogP contribution >= 0.6 is 0 Å². The summed E-state index contributed by atoms with van der Waals surface area (Å²) in [7, 11) is 0. The van der Waals surface area contributed by atoms with E-state index < -0.39 is 18.0 Å². The smallest absolute Gasteiger partial charge is 0.284 e. The molecule has 3 aromatic heterocycles. The van der Waals surface area contributed by atoms with Crippen molar-refractivity contribution in [3.63, 3.8) is 0 Å². The molecule has 0 unspecified atom stereocenters. The van der Waals surface area contributed by atoms with Gasteiger partial charge in [0.05, 0.1) is 31.1 Å². The highest BCUT2D eigenvalue weighted by molar-refractivity contribution is 6.08. The fraction of sp³-hybridized carbons (Fsp3) is 0.545. The minimum absolute atomic E-state index is 0.0253. The largest absolute Gasteiger partial charge is 0.378 e. The summed E-state index contributed by atoms with van der Waals surface area (Å²) in [6.07, 6.45) is 5.72. The van der Waals surface area contributed by atoms with Crippen LogP contribution in [0.1, 0.15) is 61.1 Å². The quantitative estimate of drug-likeness (QED) is 0.626. The molecule has 9 nitrogen and oxygen atoms in total. The van der Waals surface area contributed by atoms with Crippen molar-refractivity contribution in [2.75, 3.05) is 36.5 Å². The maximum absolute atomic E-state index is 13.7. The van der Waals surface area contributed by atoms with Crippen molar-refractivity contribution in [1.29, 1.82) is 0 Å². The third-order valence-electron chi connectivity index (χ3n) is 6.51. The van der Waals surface area contributed by atoms with E-state index in [-0.39, 0.29) is 17.3 Å². The first-order chi connectivity index (χ1) is 16.0. The molecule has 176 valence electrons. The van der Waals surface area contributed by atoms with Crippen molar-refractivity contribution in [1.82, 2.24) is 24.4 Å². The van der Waals surface area contributed by atoms with E-state index in [1.165, 1.54) is 16.9 Å². The number of aromatic nitrogens is 5. The number of carbonyl (C=O) groups excluding carboxylic acids is 1. The Morgan fingerprint density at radius 3 is 2.70 bits per heavy atom. The standard InChI is InChI=1S/C22H27F2N7O2/c1-14-2-4-15(5-3-14)31-13-17(19(28-31)20(23)24)26-22(32)16-12-25-30-7-6-18(27-21(16)30)29-8-10-33-11-9-29/h6-7,12-15,20H,2-5,8-11H2,1H3,(H,26,32)/t14-,15-. The molecule has 1 aliphatic heterocycles. The van der Waals surface area contributed by atoms with Gasteiger partial charge in [-0.3, -0.25) is 9.48 Å². The van der Waals surface area contributed by atoms with Crippen LogP contribution in [0.25, 0.3) is 5.65 Å². The molecule has 1 aliphatic carbocycles. The van der Waals surface area contributed by atoms with Gasteiger partial charge in [0.2, 0.25) is 0 Å². The van der Waals surface area contributed by atoms with Crippen LogP contribution in [0, 0.1) is 5.92 Å². The third-order valence-corrected chi connectivity index (χ3v) is 6.51. The van der Waals surface area contributed by atoms with Crippen molar-refractivity contribution >= 4 is 23.1 Å². The third kappa shape index (κ3) is 4.41. The molecule has 2 aliphatic rings. The summed E-state index contributed by atoms with van der Waals surface area (Å²) in [5, 5.41) is 10.9. The number of carbonyl (C=O) groups is 1. The van der Waals surface area contributed by atoms with E-state index in [1.54, 1.807) is 10.9 Å². The van der Waals surface area contributed by atoms with Gasteiger partial charge in [-0.15, -0.1) is 0 Å². The van der Waals surface area contributed by atoms with Crippen molar-refractivity contribution in [2.24, 2.45) is 5.92 Å². The van der Waals surface area contributed by atoms with Gasteiger partial charge in [0.15, 0.2) is 11.3 Å². The zero-order chi connectivity index (χ0) is 22.9. The van der Waals surface area contributed by atoms with Gasteiger partial charge in [-0.2, -0.15) is 10.2 Å². The molecular weight excluding hydrogens is 432 g/mol. The predicted molar refractivity (Wildman–Crippen MR) is 118 cm³/mol. The Kier molecular flexibility index (Phi) is 5.96. The number of nitrogens with zero attached hydrogens (tertiary/aromatic N) is 6. The molecule has 0 radical (unpaired) electrons. The van der Waals surface area contributed by atoms with E-state index in [2.05, 4.69) is 32.3 Å². The Balaban J connectivity index is 1.40. The summed E-state index contributed by atoms with van der Waals surface area (Å²) in [6, 6.07) is 1.90. The number of alkyl halides is 2. The summed E-state index contributed by atoms with van der Waals surface area (Å²) < 4.78 is 35.9. The van der Waals surface area contributed by atoms with Crippen molar-refractivity contribution in [3.8, 4) is 0 Å². The molecular formula is C22H27F2N7O2. The summed E-state index contributed by atoms with van der Waals surface area (Å²) in [4.78, 5) is 19.7. The Hall–Kier alpha value is -3.08. The lowest BCUT2D eigenvalue weighted by Crippen LogP contribution is -2.36. The van der Waals surface area contributed by atoms with Crippen molar-refractivity contribution < 1.29 is 18.3 Å². The number of morpholine rings is 1. The van der Waals surface area contributed by atoms with Crippen LogP contribution in [-0.4, -0.2) is 56.6 Å². The number of ether oxygens (including phenoxy) is 1. The van der Waals surface area contributed by atoms with Crippen molar-refractivity contribution in [3.05, 3.63) is 35.9 Å². The molecule has 2 fully saturated rings. The molecule has 11 heteroatoms. The Morgan fingerprint density at radius 2 is 1.97 bits per heavy atom. The van der Waals surface area contributed by atoms with E-state index in [1.807, 2.05) is 6.07 Å². The molecule has 1 N–H and O–H groups in total. The topological polar surface area (TPSA) is 89.6 Å². The summed E-state index contributed by atoms with van der Waals surface area (Å²) in [5.41, 5.74) is 0.186. The van der Waals surface area contributed by atoms with Crippen LogP contribution < -0.4 is 10.2 Å². The normalized spacial score (nSPS) is 21.6. The predicted octanol–water partition coefficient (Wildman–Crippen LogP) is 3.70. The number of halogens is 2. The maximum atomic E-state index is 13.7. The SMILES string of the molecule is C[C@H]1CC[C@H](n2cc(NC(=O)c3cnn4ccc(N5CCOCC5)nc34)c(C(F)F)n2)CC1. The minimum Gasteiger partial charge on any atom is -0.378 e. The second kappa shape index (κ2) is 9.05. The van der Waals surface area contributed by atoms with Crippen LogP contribution in [0.5, 0.6) is 0 Å². The number of anilines is 2. The second-order valence-electron chi connectivity index (χ2n) is 8.79. The zero-order valence-corrected chi connectivity index (χ0v) is 18.5. The Labute approximate surface area is 189 Å². The van der Waals surface area contributed by atoms with Crippen LogP contribution in [0.2, 0.25) is 0 Å². The molecule has 3 aromatic rings.